The van der Waals surface area contributed by atoms with E-state index < -0.39 is 35.4 Å². The Balaban J connectivity index is 1.36. The van der Waals surface area contributed by atoms with Crippen molar-refractivity contribution in [1.82, 2.24) is 25.8 Å². The summed E-state index contributed by atoms with van der Waals surface area (Å²) in [7, 11) is 1.55. The van der Waals surface area contributed by atoms with Crippen LogP contribution in [0.2, 0.25) is 0 Å². The summed E-state index contributed by atoms with van der Waals surface area (Å²) in [6, 6.07) is 10.7. The second-order valence-corrected chi connectivity index (χ2v) is 13.2. The minimum absolute atomic E-state index is 0.0239. The number of aliphatic carboxylic acids is 1. The molecule has 0 saturated carbocycles. The van der Waals surface area contributed by atoms with Crippen LogP contribution in [0.4, 0.5) is 10.1 Å². The standard InChI is InChI=1S/C40H49FN6O8/c1-6-46(7-2)19-18-42-38(51)37-24(3)32(45-25(37)4)21-31-30-20-28(41)11-14-33(30)47(39(31)52)36(50)17-10-27(40(53)54)23-44-35(49)16-15-34(48)43-22-26-8-12-29(55-5)13-9-26/h8-9,11-14,20-21,27,45H,6-7,10,15-19,22-23H2,1-5H3,(H,42,51)(H,43,48)(H,44,49)(H,53,54)/b31-21-. The molecule has 2 heterocycles. The summed E-state index contributed by atoms with van der Waals surface area (Å²) in [5, 5.41) is 18.0. The predicted molar refractivity (Wildman–Crippen MR) is 205 cm³/mol. The maximum Gasteiger partial charge on any atom is 0.308 e. The molecule has 1 unspecified atom stereocenters. The number of likely N-dealkylation sites (N-methyl/N-ethyl adjacent to an activating group) is 1. The summed E-state index contributed by atoms with van der Waals surface area (Å²) in [4.78, 5) is 83.4. The molecule has 2 aromatic carbocycles. The molecule has 14 nitrogen and oxygen atoms in total. The Morgan fingerprint density at radius 1 is 0.964 bits per heavy atom. The second-order valence-electron chi connectivity index (χ2n) is 13.2. The van der Waals surface area contributed by atoms with Gasteiger partial charge in [0.15, 0.2) is 0 Å². The Labute approximate surface area is 319 Å². The number of aryl methyl sites for hydroxylation is 1. The highest BCUT2D eigenvalue weighted by atomic mass is 19.1. The number of hydrogen-bond acceptors (Lipinski definition) is 8. The number of imide groups is 1. The van der Waals surface area contributed by atoms with Gasteiger partial charge in [-0.05, 0) is 80.9 Å². The average molecular weight is 761 g/mol. The highest BCUT2D eigenvalue weighted by Crippen LogP contribution is 2.39. The summed E-state index contributed by atoms with van der Waals surface area (Å²) in [6.45, 7) is 10.4. The van der Waals surface area contributed by atoms with Gasteiger partial charge in [-0.1, -0.05) is 26.0 Å². The number of nitrogens with one attached hydrogen (secondary N) is 4. The molecule has 0 aliphatic carbocycles. The van der Waals surface area contributed by atoms with Crippen molar-refractivity contribution in [2.45, 2.75) is 59.9 Å². The van der Waals surface area contributed by atoms with Crippen molar-refractivity contribution in [3.63, 3.8) is 0 Å². The van der Waals surface area contributed by atoms with E-state index in [9.17, 15) is 38.3 Å². The highest BCUT2D eigenvalue weighted by molar-refractivity contribution is 6.42. The van der Waals surface area contributed by atoms with Crippen LogP contribution < -0.4 is 25.6 Å². The number of hydrogen-bond donors (Lipinski definition) is 5. The van der Waals surface area contributed by atoms with Crippen LogP contribution in [0, 0.1) is 25.6 Å². The normalized spacial score (nSPS) is 13.5. The third-order valence-corrected chi connectivity index (χ3v) is 9.60. The molecule has 0 saturated heterocycles. The van der Waals surface area contributed by atoms with Crippen LogP contribution in [0.25, 0.3) is 11.6 Å². The maximum atomic E-state index is 14.5. The monoisotopic (exact) mass is 760 g/mol. The number of carboxylic acids is 1. The minimum Gasteiger partial charge on any atom is -0.497 e. The van der Waals surface area contributed by atoms with Crippen molar-refractivity contribution in [3.8, 4) is 5.75 Å². The molecule has 0 spiro atoms. The molecule has 1 atom stereocenters. The molecule has 0 radical (unpaired) electrons. The molecule has 3 aromatic rings. The zero-order valence-corrected chi connectivity index (χ0v) is 31.8. The number of aromatic amines is 1. The summed E-state index contributed by atoms with van der Waals surface area (Å²) >= 11 is 0. The van der Waals surface area contributed by atoms with Crippen molar-refractivity contribution in [2.24, 2.45) is 5.92 Å². The van der Waals surface area contributed by atoms with Crippen LogP contribution in [-0.2, 0) is 30.5 Å². The molecule has 1 aliphatic rings. The van der Waals surface area contributed by atoms with Crippen LogP contribution in [0.15, 0.2) is 42.5 Å². The number of anilines is 1. The summed E-state index contributed by atoms with van der Waals surface area (Å²) < 4.78 is 19.6. The third kappa shape index (κ3) is 10.9. The first-order valence-electron chi connectivity index (χ1n) is 18.3. The zero-order valence-electron chi connectivity index (χ0n) is 31.8. The number of methoxy groups -OCH3 is 1. The lowest BCUT2D eigenvalue weighted by atomic mass is 10.0. The predicted octanol–water partition coefficient (Wildman–Crippen LogP) is 3.96. The van der Waals surface area contributed by atoms with E-state index in [1.807, 2.05) is 13.8 Å². The van der Waals surface area contributed by atoms with Gasteiger partial charge < -0.3 is 35.7 Å². The van der Waals surface area contributed by atoms with Crippen LogP contribution in [0.3, 0.4) is 0 Å². The quantitative estimate of drug-likeness (QED) is 0.113. The lowest BCUT2D eigenvalue weighted by Crippen LogP contribution is -2.36. The number of H-pyrrole nitrogens is 1. The number of carboxylic acid groups (broad SMARTS) is 1. The first-order chi connectivity index (χ1) is 26.3. The van der Waals surface area contributed by atoms with Crippen LogP contribution in [0.5, 0.6) is 5.75 Å². The van der Waals surface area contributed by atoms with E-state index in [-0.39, 0.29) is 67.4 Å². The number of nitrogens with zero attached hydrogens (tertiary/aromatic N) is 2. The molecule has 4 rings (SSSR count). The average Bonchev–Trinajstić information content (AvgIpc) is 3.60. The fraction of sp³-hybridized carbons (Fsp3) is 0.400. The van der Waals surface area contributed by atoms with E-state index in [2.05, 4.69) is 25.8 Å². The number of carbonyl (C=O) groups is 6. The van der Waals surface area contributed by atoms with Gasteiger partial charge in [0, 0.05) is 62.4 Å². The summed E-state index contributed by atoms with van der Waals surface area (Å²) in [5.74, 6) is -4.98. The van der Waals surface area contributed by atoms with Gasteiger partial charge >= 0.3 is 5.97 Å². The molecular formula is C40H49FN6O8. The topological polar surface area (TPSA) is 190 Å². The van der Waals surface area contributed by atoms with Crippen LogP contribution in [-0.4, -0.2) is 90.3 Å². The highest BCUT2D eigenvalue weighted by Gasteiger charge is 2.37. The first-order valence-corrected chi connectivity index (χ1v) is 18.3. The van der Waals surface area contributed by atoms with Gasteiger partial charge in [-0.15, -0.1) is 0 Å². The Bertz CT molecular complexity index is 1940. The van der Waals surface area contributed by atoms with Gasteiger partial charge in [0.05, 0.1) is 29.9 Å². The number of benzene rings is 2. The number of fused-ring (bicyclic) bond motifs is 1. The van der Waals surface area contributed by atoms with Crippen LogP contribution >= 0.6 is 0 Å². The summed E-state index contributed by atoms with van der Waals surface area (Å²) in [5.41, 5.74) is 3.19. The number of ether oxygens (including phenoxy) is 1. The molecular weight excluding hydrogens is 711 g/mol. The van der Waals surface area contributed by atoms with Gasteiger partial charge in [-0.25, -0.2) is 9.29 Å². The number of halogens is 1. The number of amides is 5. The van der Waals surface area contributed by atoms with E-state index >= 15 is 0 Å². The Kier molecular flexibility index (Phi) is 14.8. The van der Waals surface area contributed by atoms with Gasteiger partial charge in [-0.2, -0.15) is 0 Å². The van der Waals surface area contributed by atoms with Crippen molar-refractivity contribution < 1.29 is 43.0 Å². The third-order valence-electron chi connectivity index (χ3n) is 9.60. The Morgan fingerprint density at radius 2 is 1.64 bits per heavy atom. The number of rotatable bonds is 19. The minimum atomic E-state index is -1.26. The lowest BCUT2D eigenvalue weighted by molar-refractivity contribution is -0.142. The molecule has 15 heteroatoms. The maximum absolute atomic E-state index is 14.5. The van der Waals surface area contributed by atoms with E-state index in [1.165, 1.54) is 12.1 Å². The van der Waals surface area contributed by atoms with Crippen molar-refractivity contribution in [3.05, 3.63) is 81.9 Å². The van der Waals surface area contributed by atoms with Gasteiger partial charge in [-0.3, -0.25) is 28.8 Å². The largest absolute Gasteiger partial charge is 0.497 e. The smallest absolute Gasteiger partial charge is 0.308 e. The Morgan fingerprint density at radius 3 is 2.27 bits per heavy atom. The molecule has 294 valence electrons. The molecule has 1 aromatic heterocycles. The lowest BCUT2D eigenvalue weighted by Gasteiger charge is -2.18. The molecule has 1 aliphatic heterocycles. The van der Waals surface area contributed by atoms with Crippen molar-refractivity contribution in [2.75, 3.05) is 44.7 Å². The van der Waals surface area contributed by atoms with E-state index in [0.717, 1.165) is 35.7 Å². The van der Waals surface area contributed by atoms with Gasteiger partial charge in [0.1, 0.15) is 11.6 Å². The molecule has 0 bridgehead atoms. The SMILES string of the molecule is CCN(CC)CCNC(=O)c1c(C)[nH]c(/C=C2\C(=O)N(C(=O)CCC(CNC(=O)CCC(=O)NCc3ccc(OC)cc3)C(=O)O)c3ccc(F)cc32)c1C. The molecule has 0 fully saturated rings. The van der Waals surface area contributed by atoms with E-state index in [4.69, 9.17) is 4.74 Å². The number of aromatic nitrogens is 1. The van der Waals surface area contributed by atoms with Crippen molar-refractivity contribution >= 4 is 52.8 Å². The van der Waals surface area contributed by atoms with E-state index in [1.54, 1.807) is 45.2 Å². The molecule has 5 amide bonds. The van der Waals surface area contributed by atoms with Crippen molar-refractivity contribution in [1.29, 1.82) is 0 Å². The molecule has 5 N–H and O–H groups in total. The summed E-state index contributed by atoms with van der Waals surface area (Å²) in [6.07, 6.45) is 0.621. The van der Waals surface area contributed by atoms with Crippen LogP contribution in [0.1, 0.15) is 78.0 Å². The fourth-order valence-corrected chi connectivity index (χ4v) is 6.32. The van der Waals surface area contributed by atoms with Gasteiger partial charge in [0.2, 0.25) is 17.7 Å². The fourth-order valence-electron chi connectivity index (χ4n) is 6.32. The zero-order chi connectivity index (χ0) is 40.2. The Hall–Kier alpha value is -5.83. The molecule has 55 heavy (non-hydrogen) atoms. The number of carbonyl (C=O) groups excluding carboxylic acids is 5. The van der Waals surface area contributed by atoms with E-state index in [0.29, 0.717) is 41.4 Å². The second kappa shape index (κ2) is 19.5. The van der Waals surface area contributed by atoms with Gasteiger partial charge in [0.25, 0.3) is 11.8 Å². The first kappa shape index (κ1) is 41.9.